The van der Waals surface area contributed by atoms with E-state index in [-0.39, 0.29) is 0 Å². The van der Waals surface area contributed by atoms with Crippen molar-refractivity contribution in [3.8, 4) is 0 Å². The second-order valence-electron chi connectivity index (χ2n) is 8.65. The second-order valence-corrected chi connectivity index (χ2v) is 9.21. The SMILES string of the molecule is CCCCCCCCCC1(CBr)CCC(C(C)(C)C)CC1. The predicted octanol–water partition coefficient (Wildman–Crippen LogP) is 7.74. The van der Waals surface area contributed by atoms with Crippen LogP contribution < -0.4 is 0 Å². The Hall–Kier alpha value is 0.480. The summed E-state index contributed by atoms with van der Waals surface area (Å²) >= 11 is 3.84. The molecule has 1 fully saturated rings. The molecule has 0 aromatic rings. The first kappa shape index (κ1) is 19.5. The molecular weight excluding hydrogens is 320 g/mol. The van der Waals surface area contributed by atoms with Crippen LogP contribution in [0.25, 0.3) is 0 Å². The lowest BCUT2D eigenvalue weighted by Crippen LogP contribution is -2.33. The summed E-state index contributed by atoms with van der Waals surface area (Å²) in [5, 5.41) is 1.23. The van der Waals surface area contributed by atoms with E-state index in [1.807, 2.05) is 0 Å². The third-order valence-electron chi connectivity index (χ3n) is 5.87. The number of hydrogen-bond acceptors (Lipinski definition) is 0. The lowest BCUT2D eigenvalue weighted by molar-refractivity contribution is 0.0953. The maximum atomic E-state index is 3.84. The fourth-order valence-electron chi connectivity index (χ4n) is 4.00. The van der Waals surface area contributed by atoms with Gasteiger partial charge in [-0.3, -0.25) is 0 Å². The van der Waals surface area contributed by atoms with Crippen LogP contribution in [0.1, 0.15) is 105 Å². The minimum Gasteiger partial charge on any atom is -0.0922 e. The number of alkyl halides is 1. The molecule has 0 radical (unpaired) electrons. The van der Waals surface area contributed by atoms with Gasteiger partial charge in [-0.05, 0) is 48.9 Å². The molecule has 0 heterocycles. The Morgan fingerprint density at radius 2 is 1.43 bits per heavy atom. The maximum Gasteiger partial charge on any atom is 0.00879 e. The van der Waals surface area contributed by atoms with Crippen LogP contribution in [-0.4, -0.2) is 5.33 Å². The molecule has 21 heavy (non-hydrogen) atoms. The summed E-state index contributed by atoms with van der Waals surface area (Å²) in [7, 11) is 0. The quantitative estimate of drug-likeness (QED) is 0.292. The second kappa shape index (κ2) is 9.58. The fraction of sp³-hybridized carbons (Fsp3) is 1.00. The standard InChI is InChI=1S/C20H39Br/c1-5-6-7-8-9-10-11-14-20(17-21)15-12-18(13-16-20)19(2,3)4/h18H,5-17H2,1-4H3. The van der Waals surface area contributed by atoms with E-state index in [0.717, 1.165) is 5.92 Å². The highest BCUT2D eigenvalue weighted by Gasteiger charge is 2.37. The van der Waals surface area contributed by atoms with Gasteiger partial charge in [0.05, 0.1) is 0 Å². The first-order valence-electron chi connectivity index (χ1n) is 9.49. The molecule has 1 heteroatoms. The fourth-order valence-corrected chi connectivity index (χ4v) is 4.84. The van der Waals surface area contributed by atoms with Crippen molar-refractivity contribution < 1.29 is 0 Å². The van der Waals surface area contributed by atoms with E-state index >= 15 is 0 Å². The lowest BCUT2D eigenvalue weighted by atomic mass is 9.63. The van der Waals surface area contributed by atoms with Crippen LogP contribution in [0, 0.1) is 16.7 Å². The highest BCUT2D eigenvalue weighted by Crippen LogP contribution is 2.48. The molecule has 1 saturated carbocycles. The summed E-state index contributed by atoms with van der Waals surface area (Å²) in [5.41, 5.74) is 1.14. The van der Waals surface area contributed by atoms with Crippen LogP contribution >= 0.6 is 15.9 Å². The van der Waals surface area contributed by atoms with Crippen molar-refractivity contribution in [3.05, 3.63) is 0 Å². The van der Waals surface area contributed by atoms with Gasteiger partial charge < -0.3 is 0 Å². The number of rotatable bonds is 9. The molecule has 0 unspecified atom stereocenters. The van der Waals surface area contributed by atoms with Crippen molar-refractivity contribution in [2.24, 2.45) is 16.7 Å². The Labute approximate surface area is 143 Å². The first-order valence-corrected chi connectivity index (χ1v) is 10.6. The van der Waals surface area contributed by atoms with E-state index in [9.17, 15) is 0 Å². The summed E-state index contributed by atoms with van der Waals surface area (Å²) in [6, 6.07) is 0. The van der Waals surface area contributed by atoms with E-state index in [4.69, 9.17) is 0 Å². The molecule has 0 saturated heterocycles. The molecule has 0 spiro atoms. The molecule has 0 nitrogen and oxygen atoms in total. The van der Waals surface area contributed by atoms with Gasteiger partial charge in [0.1, 0.15) is 0 Å². The van der Waals surface area contributed by atoms with Crippen molar-refractivity contribution in [3.63, 3.8) is 0 Å². The van der Waals surface area contributed by atoms with Crippen LogP contribution in [-0.2, 0) is 0 Å². The zero-order valence-electron chi connectivity index (χ0n) is 15.1. The minimum atomic E-state index is 0.512. The van der Waals surface area contributed by atoms with E-state index in [1.165, 1.54) is 82.4 Å². The lowest BCUT2D eigenvalue weighted by Gasteiger charge is -2.43. The molecule has 0 N–H and O–H groups in total. The Morgan fingerprint density at radius 3 is 1.90 bits per heavy atom. The molecule has 1 aliphatic rings. The molecule has 1 aliphatic carbocycles. The highest BCUT2D eigenvalue weighted by atomic mass is 79.9. The molecule has 0 amide bonds. The van der Waals surface area contributed by atoms with Crippen LogP contribution in [0.5, 0.6) is 0 Å². The van der Waals surface area contributed by atoms with Crippen molar-refractivity contribution in [1.29, 1.82) is 0 Å². The normalized spacial score (nSPS) is 27.0. The third-order valence-corrected chi connectivity index (χ3v) is 7.05. The molecule has 0 atom stereocenters. The van der Waals surface area contributed by atoms with Crippen molar-refractivity contribution in [2.45, 2.75) is 105 Å². The van der Waals surface area contributed by atoms with Gasteiger partial charge in [0, 0.05) is 5.33 Å². The number of halogens is 1. The van der Waals surface area contributed by atoms with E-state index in [1.54, 1.807) is 0 Å². The first-order chi connectivity index (χ1) is 9.93. The Balaban J connectivity index is 2.22. The van der Waals surface area contributed by atoms with E-state index < -0.39 is 0 Å². The molecule has 0 aromatic carbocycles. The number of hydrogen-bond donors (Lipinski definition) is 0. The highest BCUT2D eigenvalue weighted by molar-refractivity contribution is 9.09. The van der Waals surface area contributed by atoms with Crippen molar-refractivity contribution in [2.75, 3.05) is 5.33 Å². The topological polar surface area (TPSA) is 0 Å². The van der Waals surface area contributed by atoms with Gasteiger partial charge in [0.25, 0.3) is 0 Å². The summed E-state index contributed by atoms with van der Waals surface area (Å²) in [5.74, 6) is 0.943. The van der Waals surface area contributed by atoms with Gasteiger partial charge in [-0.25, -0.2) is 0 Å². The van der Waals surface area contributed by atoms with Crippen LogP contribution in [0.3, 0.4) is 0 Å². The zero-order chi connectivity index (χ0) is 15.8. The average molecular weight is 359 g/mol. The average Bonchev–Trinajstić information content (AvgIpc) is 2.46. The molecule has 0 bridgehead atoms. The monoisotopic (exact) mass is 358 g/mol. The third kappa shape index (κ3) is 7.06. The smallest absolute Gasteiger partial charge is 0.00879 e. The molecule has 0 aliphatic heterocycles. The predicted molar refractivity (Wildman–Crippen MR) is 100 cm³/mol. The maximum absolute atomic E-state index is 3.84. The van der Waals surface area contributed by atoms with E-state index in [0.29, 0.717) is 10.8 Å². The summed E-state index contributed by atoms with van der Waals surface area (Å²) < 4.78 is 0. The van der Waals surface area contributed by atoms with E-state index in [2.05, 4.69) is 43.6 Å². The van der Waals surface area contributed by atoms with Crippen LogP contribution in [0.2, 0.25) is 0 Å². The molecule has 1 rings (SSSR count). The summed E-state index contributed by atoms with van der Waals surface area (Å²) in [4.78, 5) is 0. The van der Waals surface area contributed by atoms with Gasteiger partial charge in [0.15, 0.2) is 0 Å². The van der Waals surface area contributed by atoms with Gasteiger partial charge in [-0.15, -0.1) is 0 Å². The molecular formula is C20H39Br. The summed E-state index contributed by atoms with van der Waals surface area (Å²) in [6.07, 6.45) is 17.4. The molecule has 126 valence electrons. The minimum absolute atomic E-state index is 0.512. The van der Waals surface area contributed by atoms with Crippen LogP contribution in [0.15, 0.2) is 0 Å². The summed E-state index contributed by atoms with van der Waals surface area (Å²) in [6.45, 7) is 9.58. The van der Waals surface area contributed by atoms with Gasteiger partial charge in [-0.1, -0.05) is 88.6 Å². The zero-order valence-corrected chi connectivity index (χ0v) is 16.7. The van der Waals surface area contributed by atoms with Gasteiger partial charge in [0.2, 0.25) is 0 Å². The van der Waals surface area contributed by atoms with Crippen molar-refractivity contribution >= 4 is 15.9 Å². The van der Waals surface area contributed by atoms with Crippen molar-refractivity contribution in [1.82, 2.24) is 0 Å². The Kier molecular flexibility index (Phi) is 8.91. The Morgan fingerprint density at radius 1 is 0.905 bits per heavy atom. The molecule has 0 aromatic heterocycles. The largest absolute Gasteiger partial charge is 0.0922 e. The van der Waals surface area contributed by atoms with Crippen LogP contribution in [0.4, 0.5) is 0 Å². The Bertz CT molecular complexity index is 256. The van der Waals surface area contributed by atoms with Gasteiger partial charge >= 0.3 is 0 Å². The van der Waals surface area contributed by atoms with Gasteiger partial charge in [-0.2, -0.15) is 0 Å². The number of unbranched alkanes of at least 4 members (excludes halogenated alkanes) is 6.